The number of fused-ring (bicyclic) bond motifs is 1. The third-order valence-electron chi connectivity index (χ3n) is 4.71. The van der Waals surface area contributed by atoms with Crippen molar-refractivity contribution in [3.05, 3.63) is 71.8 Å². The molecule has 4 nitrogen and oxygen atoms in total. The summed E-state index contributed by atoms with van der Waals surface area (Å²) >= 11 is 0. The number of anilines is 1. The van der Waals surface area contributed by atoms with Crippen molar-refractivity contribution in [2.75, 3.05) is 11.9 Å². The molecule has 0 spiro atoms. The van der Waals surface area contributed by atoms with E-state index in [9.17, 15) is 4.79 Å². The summed E-state index contributed by atoms with van der Waals surface area (Å²) in [6, 6.07) is 20.2. The molecule has 0 N–H and O–H groups in total. The van der Waals surface area contributed by atoms with Crippen molar-refractivity contribution >= 4 is 22.6 Å². The lowest BCUT2D eigenvalue weighted by molar-refractivity contribution is 0.0589. The van der Waals surface area contributed by atoms with Gasteiger partial charge in [0.15, 0.2) is 0 Å². The van der Waals surface area contributed by atoms with Gasteiger partial charge in [0, 0.05) is 18.5 Å². The summed E-state index contributed by atoms with van der Waals surface area (Å²) < 4.78 is 11.8. The molecule has 0 bridgehead atoms. The highest BCUT2D eigenvalue weighted by Crippen LogP contribution is 2.37. The second-order valence-corrected chi connectivity index (χ2v) is 8.09. The minimum absolute atomic E-state index is 0.378. The van der Waals surface area contributed by atoms with Gasteiger partial charge in [0.05, 0.1) is 5.69 Å². The zero-order chi connectivity index (χ0) is 21.0. The average Bonchev–Trinajstić information content (AvgIpc) is 2.70. The van der Waals surface area contributed by atoms with E-state index in [-0.39, 0.29) is 6.09 Å². The Morgan fingerprint density at radius 2 is 1.59 bits per heavy atom. The van der Waals surface area contributed by atoms with Crippen LogP contribution in [0.25, 0.3) is 10.8 Å². The number of rotatable bonds is 5. The molecule has 0 heterocycles. The first kappa shape index (κ1) is 20.7. The summed E-state index contributed by atoms with van der Waals surface area (Å²) in [5.74, 6) is 0.757. The van der Waals surface area contributed by atoms with Crippen molar-refractivity contribution in [2.24, 2.45) is 0 Å². The molecule has 3 aromatic carbocycles. The van der Waals surface area contributed by atoms with E-state index in [2.05, 4.69) is 19.1 Å². The molecular formula is C25H29NO3. The van der Waals surface area contributed by atoms with Crippen molar-refractivity contribution in [1.29, 1.82) is 0 Å². The molecule has 0 saturated carbocycles. The van der Waals surface area contributed by atoms with Crippen LogP contribution in [0.4, 0.5) is 10.5 Å². The van der Waals surface area contributed by atoms with Crippen molar-refractivity contribution in [2.45, 2.75) is 46.3 Å². The second-order valence-electron chi connectivity index (χ2n) is 8.09. The molecule has 0 fully saturated rings. The Hall–Kier alpha value is -3.01. The summed E-state index contributed by atoms with van der Waals surface area (Å²) in [6.45, 7) is 8.17. The van der Waals surface area contributed by atoms with Gasteiger partial charge in [-0.3, -0.25) is 4.90 Å². The quantitative estimate of drug-likeness (QED) is 0.508. The number of amides is 1. The summed E-state index contributed by atoms with van der Waals surface area (Å²) in [7, 11) is 1.75. The Morgan fingerprint density at radius 3 is 2.21 bits per heavy atom. The highest BCUT2D eigenvalue weighted by atomic mass is 16.6. The first-order valence-corrected chi connectivity index (χ1v) is 9.98. The summed E-state index contributed by atoms with van der Waals surface area (Å²) in [5.41, 5.74) is 2.45. The minimum Gasteiger partial charge on any atom is -0.488 e. The number of aryl methyl sites for hydroxylation is 1. The van der Waals surface area contributed by atoms with Gasteiger partial charge in [-0.2, -0.15) is 0 Å². The van der Waals surface area contributed by atoms with Gasteiger partial charge in [-0.05, 0) is 43.7 Å². The van der Waals surface area contributed by atoms with Crippen LogP contribution in [-0.4, -0.2) is 18.7 Å². The number of benzene rings is 3. The molecule has 3 aromatic rings. The summed E-state index contributed by atoms with van der Waals surface area (Å²) in [5, 5.41) is 2.13. The highest BCUT2D eigenvalue weighted by molar-refractivity contribution is 5.99. The molecular weight excluding hydrogens is 362 g/mol. The van der Waals surface area contributed by atoms with E-state index in [1.54, 1.807) is 11.9 Å². The van der Waals surface area contributed by atoms with Crippen LogP contribution in [0.3, 0.4) is 0 Å². The first-order chi connectivity index (χ1) is 13.8. The molecule has 0 saturated heterocycles. The van der Waals surface area contributed by atoms with Gasteiger partial charge in [-0.25, -0.2) is 4.79 Å². The third-order valence-corrected chi connectivity index (χ3v) is 4.71. The minimum atomic E-state index is -0.554. The Balaban J connectivity index is 2.03. The second kappa shape index (κ2) is 8.56. The molecule has 0 aromatic heterocycles. The fraction of sp³-hybridized carbons (Fsp3) is 0.320. The van der Waals surface area contributed by atoms with Gasteiger partial charge in [-0.1, -0.05) is 61.5 Å². The third kappa shape index (κ3) is 4.89. The van der Waals surface area contributed by atoms with Crippen molar-refractivity contribution in [1.82, 2.24) is 0 Å². The van der Waals surface area contributed by atoms with Crippen LogP contribution in [-0.2, 0) is 17.8 Å². The maximum Gasteiger partial charge on any atom is 0.414 e. The van der Waals surface area contributed by atoms with Gasteiger partial charge in [0.25, 0.3) is 0 Å². The molecule has 4 heteroatoms. The maximum absolute atomic E-state index is 12.7. The first-order valence-electron chi connectivity index (χ1n) is 9.98. The van der Waals surface area contributed by atoms with Crippen LogP contribution in [0, 0.1) is 0 Å². The lowest BCUT2D eigenvalue weighted by Crippen LogP contribution is -2.34. The van der Waals surface area contributed by atoms with Gasteiger partial charge in [0.1, 0.15) is 18.0 Å². The predicted octanol–water partition coefficient (Wildman–Crippen LogP) is 6.35. The molecule has 0 aliphatic heterocycles. The van der Waals surface area contributed by atoms with E-state index in [4.69, 9.17) is 9.47 Å². The zero-order valence-electron chi connectivity index (χ0n) is 17.9. The summed E-state index contributed by atoms with van der Waals surface area (Å²) in [6.07, 6.45) is 0.415. The number of carbonyl (C=O) groups is 1. The van der Waals surface area contributed by atoms with Crippen molar-refractivity contribution in [3.8, 4) is 5.75 Å². The van der Waals surface area contributed by atoms with Gasteiger partial charge < -0.3 is 9.47 Å². The van der Waals surface area contributed by atoms with E-state index in [0.717, 1.165) is 39.8 Å². The van der Waals surface area contributed by atoms with E-state index in [0.29, 0.717) is 6.61 Å². The number of ether oxygens (including phenoxy) is 2. The highest BCUT2D eigenvalue weighted by Gasteiger charge is 2.24. The van der Waals surface area contributed by atoms with E-state index < -0.39 is 5.60 Å². The molecule has 3 rings (SSSR count). The maximum atomic E-state index is 12.7. The molecule has 152 valence electrons. The van der Waals surface area contributed by atoms with E-state index in [1.807, 2.05) is 69.3 Å². The molecule has 1 amide bonds. The Bertz CT molecular complexity index is 990. The predicted molar refractivity (Wildman–Crippen MR) is 119 cm³/mol. The lowest BCUT2D eigenvalue weighted by Gasteiger charge is -2.27. The molecule has 0 unspecified atom stereocenters. The van der Waals surface area contributed by atoms with Crippen LogP contribution < -0.4 is 9.64 Å². The number of hydrogen-bond donors (Lipinski definition) is 0. The van der Waals surface area contributed by atoms with E-state index in [1.165, 1.54) is 0 Å². The van der Waals surface area contributed by atoms with Crippen LogP contribution in [0.15, 0.2) is 60.7 Å². The standard InChI is InChI=1S/C25H29NO3/c1-6-19-20-14-10-11-15-21(20)23(28-17-18-12-8-7-9-13-18)16-22(19)26(5)24(27)29-25(2,3)4/h7-16H,6,17H2,1-5H3. The van der Waals surface area contributed by atoms with Crippen LogP contribution in [0.5, 0.6) is 5.75 Å². The monoisotopic (exact) mass is 391 g/mol. The zero-order valence-corrected chi connectivity index (χ0v) is 17.9. The Labute approximate surface area is 173 Å². The lowest BCUT2D eigenvalue weighted by atomic mass is 9.99. The molecule has 0 aliphatic carbocycles. The van der Waals surface area contributed by atoms with Crippen LogP contribution in [0.1, 0.15) is 38.8 Å². The topological polar surface area (TPSA) is 38.8 Å². The smallest absolute Gasteiger partial charge is 0.414 e. The number of nitrogens with zero attached hydrogens (tertiary/aromatic N) is 1. The average molecular weight is 392 g/mol. The Morgan fingerprint density at radius 1 is 0.966 bits per heavy atom. The van der Waals surface area contributed by atoms with E-state index >= 15 is 0 Å². The van der Waals surface area contributed by atoms with Crippen LogP contribution in [0.2, 0.25) is 0 Å². The molecule has 0 radical (unpaired) electrons. The van der Waals surface area contributed by atoms with Crippen molar-refractivity contribution < 1.29 is 14.3 Å². The van der Waals surface area contributed by atoms with Gasteiger partial charge >= 0.3 is 6.09 Å². The van der Waals surface area contributed by atoms with Gasteiger partial charge in [-0.15, -0.1) is 0 Å². The number of carbonyl (C=O) groups excluding carboxylic acids is 1. The molecule has 29 heavy (non-hydrogen) atoms. The molecule has 0 aliphatic rings. The van der Waals surface area contributed by atoms with Crippen molar-refractivity contribution in [3.63, 3.8) is 0 Å². The van der Waals surface area contributed by atoms with Crippen LogP contribution >= 0.6 is 0 Å². The number of hydrogen-bond acceptors (Lipinski definition) is 3. The van der Waals surface area contributed by atoms with Gasteiger partial charge in [0.2, 0.25) is 0 Å². The SMILES string of the molecule is CCc1c(N(C)C(=O)OC(C)(C)C)cc(OCc2ccccc2)c2ccccc12. The Kier molecular flexibility index (Phi) is 6.12. The summed E-state index contributed by atoms with van der Waals surface area (Å²) in [4.78, 5) is 14.3. The largest absolute Gasteiger partial charge is 0.488 e. The molecule has 0 atom stereocenters. The fourth-order valence-electron chi connectivity index (χ4n) is 3.34. The fourth-order valence-corrected chi connectivity index (χ4v) is 3.34. The normalized spacial score (nSPS) is 11.3.